The average molecular weight is 200 g/mol. The second kappa shape index (κ2) is 6.14. The van der Waals surface area contributed by atoms with Crippen LogP contribution < -0.4 is 0 Å². The van der Waals surface area contributed by atoms with E-state index in [0.29, 0.717) is 13.2 Å². The minimum Gasteiger partial charge on any atom is -0.380 e. The largest absolute Gasteiger partial charge is 0.380 e. The molecule has 0 aliphatic carbocycles. The van der Waals surface area contributed by atoms with E-state index < -0.39 is 8.32 Å². The van der Waals surface area contributed by atoms with E-state index in [0.717, 1.165) is 12.5 Å². The quantitative estimate of drug-likeness (QED) is 0.487. The number of hydrogen-bond acceptors (Lipinski definition) is 2. The van der Waals surface area contributed by atoms with E-state index in [2.05, 4.69) is 6.07 Å². The van der Waals surface area contributed by atoms with Crippen LogP contribution in [0.1, 0.15) is 13.3 Å². The molecule has 0 aromatic heterocycles. The molecule has 0 aromatic rings. The summed E-state index contributed by atoms with van der Waals surface area (Å²) in [6, 6.07) is 2.85. The lowest BCUT2D eigenvalue weighted by molar-refractivity contribution is 0.118. The molecule has 0 N–H and O–H groups in total. The summed E-state index contributed by atoms with van der Waals surface area (Å²) in [6.07, 6.45) is 0.834. The molecule has 3 nitrogen and oxygen atoms in total. The summed E-state index contributed by atoms with van der Waals surface area (Å²) in [7, 11) is -2.14. The van der Waals surface area contributed by atoms with Gasteiger partial charge in [-0.3, -0.25) is 4.80 Å². The molecule has 1 radical (unpaired) electrons. The van der Waals surface area contributed by atoms with Gasteiger partial charge in [0.2, 0.25) is 8.32 Å². The average Bonchev–Trinajstić information content (AvgIpc) is 2.01. The summed E-state index contributed by atoms with van der Waals surface area (Å²) in [4.78, 5) is 11.3. The van der Waals surface area contributed by atoms with E-state index in [1.807, 2.05) is 20.0 Å². The first-order valence-electron chi connectivity index (χ1n) is 4.63. The first kappa shape index (κ1) is 12.6. The van der Waals surface area contributed by atoms with Gasteiger partial charge >= 0.3 is 0 Å². The Bertz CT molecular complexity index is 171. The third-order valence-corrected chi connectivity index (χ3v) is 3.21. The molecular weight excluding hydrogens is 182 g/mol. The molecule has 75 valence electrons. The lowest BCUT2D eigenvalue weighted by atomic mass is 10.2. The molecule has 0 amide bonds. The van der Waals surface area contributed by atoms with Crippen LogP contribution in [0.3, 0.4) is 0 Å². The Morgan fingerprint density at radius 1 is 1.54 bits per heavy atom. The Hall–Kier alpha value is -0.373. The third-order valence-electron chi connectivity index (χ3n) is 1.66. The van der Waals surface area contributed by atoms with E-state index in [1.165, 1.54) is 0 Å². The lowest BCUT2D eigenvalue weighted by Gasteiger charge is -2.10. The number of nitriles is 1. The minimum absolute atomic E-state index is 0.0440. The van der Waals surface area contributed by atoms with Crippen LogP contribution in [0.5, 0.6) is 0 Å². The second-order valence-electron chi connectivity index (χ2n) is 3.97. The molecule has 1 atom stereocenters. The summed E-state index contributed by atoms with van der Waals surface area (Å²) in [6.45, 7) is 6.55. The van der Waals surface area contributed by atoms with Gasteiger partial charge in [0, 0.05) is 6.61 Å². The van der Waals surface area contributed by atoms with Crippen molar-refractivity contribution in [1.29, 1.82) is 5.26 Å². The lowest BCUT2D eigenvalue weighted by Crippen LogP contribution is -2.22. The first-order chi connectivity index (χ1) is 5.95. The molecule has 0 saturated carbocycles. The Morgan fingerprint density at radius 2 is 2.15 bits per heavy atom. The molecule has 0 heterocycles. The molecule has 0 bridgehead atoms. The van der Waals surface area contributed by atoms with Crippen LogP contribution in [0.2, 0.25) is 19.1 Å². The zero-order valence-electron chi connectivity index (χ0n) is 8.67. The van der Waals surface area contributed by atoms with Crippen LogP contribution in [-0.2, 0) is 9.53 Å². The number of ether oxygens (including phenoxy) is 1. The molecule has 0 aliphatic heterocycles. The van der Waals surface area contributed by atoms with Crippen molar-refractivity contribution in [3.63, 3.8) is 0 Å². The molecule has 1 unspecified atom stereocenters. The molecule has 0 fully saturated rings. The summed E-state index contributed by atoms with van der Waals surface area (Å²) >= 11 is 0. The van der Waals surface area contributed by atoms with Gasteiger partial charge in [-0.25, -0.2) is 0 Å². The van der Waals surface area contributed by atoms with Gasteiger partial charge in [-0.1, -0.05) is 0 Å². The zero-order valence-corrected chi connectivity index (χ0v) is 9.67. The predicted octanol–water partition coefficient (Wildman–Crippen LogP) is 2.19. The summed E-state index contributed by atoms with van der Waals surface area (Å²) in [5.74, 6) is -0.0440. The van der Waals surface area contributed by atoms with E-state index in [9.17, 15) is 4.80 Å². The highest BCUT2D eigenvalue weighted by molar-refractivity contribution is 6.69. The molecule has 13 heavy (non-hydrogen) atoms. The Morgan fingerprint density at radius 3 is 2.62 bits per heavy atom. The Balaban J connectivity index is 3.24. The van der Waals surface area contributed by atoms with Gasteiger partial charge in [0.15, 0.2) is 0 Å². The number of hydrogen-bond donors (Lipinski definition) is 0. The smallest absolute Gasteiger partial charge is 0.231 e. The van der Waals surface area contributed by atoms with Gasteiger partial charge in [0.1, 0.15) is 0 Å². The first-order valence-corrected chi connectivity index (χ1v) is 7.75. The molecule has 0 aromatic carbocycles. The number of nitrogens with zero attached hydrogens (tertiary/aromatic N) is 1. The maximum Gasteiger partial charge on any atom is 0.231 e. The van der Waals surface area contributed by atoms with Gasteiger partial charge in [-0.2, -0.15) is 5.26 Å². The molecule has 0 rings (SSSR count). The van der Waals surface area contributed by atoms with Crippen molar-refractivity contribution in [2.45, 2.75) is 32.5 Å². The molecule has 4 heteroatoms. The maximum absolute atomic E-state index is 11.3. The van der Waals surface area contributed by atoms with E-state index >= 15 is 0 Å². The van der Waals surface area contributed by atoms with Crippen molar-refractivity contribution in [2.75, 3.05) is 13.2 Å². The van der Waals surface area contributed by atoms with E-state index in [-0.39, 0.29) is 5.92 Å². The SMILES string of the molecule is CC(C#N)COCCC[Si](C)(C)[O]. The molecule has 0 aliphatic rings. The minimum atomic E-state index is -2.14. The van der Waals surface area contributed by atoms with Crippen molar-refractivity contribution in [3.05, 3.63) is 0 Å². The topological polar surface area (TPSA) is 52.9 Å². The van der Waals surface area contributed by atoms with Crippen LogP contribution in [0.15, 0.2) is 0 Å². The number of rotatable bonds is 6. The Kier molecular flexibility index (Phi) is 5.96. The van der Waals surface area contributed by atoms with Gasteiger partial charge in [-0.05, 0) is 32.5 Å². The highest BCUT2D eigenvalue weighted by Gasteiger charge is 2.18. The second-order valence-corrected chi connectivity index (χ2v) is 7.99. The van der Waals surface area contributed by atoms with Gasteiger partial charge in [0.05, 0.1) is 18.6 Å². The molecular formula is C9H18NO2Si. The van der Waals surface area contributed by atoms with E-state index in [4.69, 9.17) is 10.00 Å². The van der Waals surface area contributed by atoms with Crippen molar-refractivity contribution >= 4 is 8.32 Å². The van der Waals surface area contributed by atoms with Crippen LogP contribution in [-0.4, -0.2) is 21.5 Å². The van der Waals surface area contributed by atoms with Crippen molar-refractivity contribution in [2.24, 2.45) is 5.92 Å². The van der Waals surface area contributed by atoms with Crippen LogP contribution >= 0.6 is 0 Å². The van der Waals surface area contributed by atoms with Gasteiger partial charge in [0.25, 0.3) is 0 Å². The van der Waals surface area contributed by atoms with Crippen LogP contribution in [0, 0.1) is 17.2 Å². The molecule has 0 spiro atoms. The standard InChI is InChI=1S/C9H18NO2Si/c1-9(7-10)8-12-5-4-6-13(2,3)11/h9H,4-6,8H2,1-3H3. The summed E-state index contributed by atoms with van der Waals surface area (Å²) < 4.78 is 5.24. The fourth-order valence-corrected chi connectivity index (χ4v) is 1.89. The van der Waals surface area contributed by atoms with E-state index in [1.54, 1.807) is 0 Å². The highest BCUT2D eigenvalue weighted by atomic mass is 28.4. The zero-order chi connectivity index (χ0) is 10.3. The fourth-order valence-electron chi connectivity index (χ4n) is 0.897. The maximum atomic E-state index is 11.3. The van der Waals surface area contributed by atoms with Crippen molar-refractivity contribution in [1.82, 2.24) is 0 Å². The van der Waals surface area contributed by atoms with Crippen LogP contribution in [0.4, 0.5) is 0 Å². The van der Waals surface area contributed by atoms with Crippen molar-refractivity contribution in [3.8, 4) is 6.07 Å². The van der Waals surface area contributed by atoms with Gasteiger partial charge < -0.3 is 4.74 Å². The predicted molar refractivity (Wildman–Crippen MR) is 53.2 cm³/mol. The highest BCUT2D eigenvalue weighted by Crippen LogP contribution is 2.08. The summed E-state index contributed by atoms with van der Waals surface area (Å²) in [5.41, 5.74) is 0. The van der Waals surface area contributed by atoms with Crippen LogP contribution in [0.25, 0.3) is 0 Å². The third kappa shape index (κ3) is 9.54. The fraction of sp³-hybridized carbons (Fsp3) is 0.889. The monoisotopic (exact) mass is 200 g/mol. The van der Waals surface area contributed by atoms with Crippen molar-refractivity contribution < 1.29 is 9.53 Å². The summed E-state index contributed by atoms with van der Waals surface area (Å²) in [5, 5.41) is 8.45. The normalized spacial score (nSPS) is 13.8. The molecule has 0 saturated heterocycles. The Labute approximate surface area is 81.5 Å². The van der Waals surface area contributed by atoms with Gasteiger partial charge in [-0.15, -0.1) is 0 Å².